The van der Waals surface area contributed by atoms with E-state index >= 15 is 0 Å². The van der Waals surface area contributed by atoms with E-state index in [2.05, 4.69) is 36.0 Å². The highest BCUT2D eigenvalue weighted by molar-refractivity contribution is 7.89. The number of aryl methyl sites for hydroxylation is 2. The SMILES string of the molecule is Cc1ccc(C)c(S(=O)(=O)NCCC(=O)NC(C)CC(C)(C)c2ccccc2)c1. The predicted molar refractivity (Wildman–Crippen MR) is 117 cm³/mol. The molecule has 0 saturated heterocycles. The molecule has 0 aliphatic heterocycles. The summed E-state index contributed by atoms with van der Waals surface area (Å²) in [5.41, 5.74) is 2.72. The second-order valence-electron chi connectivity index (χ2n) is 8.34. The normalized spacial score (nSPS) is 13.1. The van der Waals surface area contributed by atoms with Crippen LogP contribution in [0, 0.1) is 13.8 Å². The first kappa shape index (κ1) is 23.1. The van der Waals surface area contributed by atoms with E-state index in [1.54, 1.807) is 19.1 Å². The van der Waals surface area contributed by atoms with Gasteiger partial charge in [-0.25, -0.2) is 13.1 Å². The lowest BCUT2D eigenvalue weighted by Crippen LogP contribution is -2.38. The maximum absolute atomic E-state index is 12.5. The van der Waals surface area contributed by atoms with E-state index in [0.29, 0.717) is 5.56 Å². The summed E-state index contributed by atoms with van der Waals surface area (Å²) in [4.78, 5) is 12.5. The molecule has 0 aliphatic rings. The van der Waals surface area contributed by atoms with Gasteiger partial charge < -0.3 is 5.32 Å². The number of carbonyl (C=O) groups excluding carboxylic acids is 1. The molecule has 1 amide bonds. The van der Waals surface area contributed by atoms with Crippen molar-refractivity contribution >= 4 is 15.9 Å². The zero-order valence-electron chi connectivity index (χ0n) is 18.0. The Labute approximate surface area is 175 Å². The van der Waals surface area contributed by atoms with Gasteiger partial charge in [-0.1, -0.05) is 56.3 Å². The molecule has 2 aromatic rings. The number of nitrogens with one attached hydrogen (secondary N) is 2. The van der Waals surface area contributed by atoms with E-state index in [4.69, 9.17) is 0 Å². The third-order valence-corrected chi connectivity index (χ3v) is 6.66. The van der Waals surface area contributed by atoms with Crippen molar-refractivity contribution in [3.8, 4) is 0 Å². The molecule has 2 N–H and O–H groups in total. The number of benzene rings is 2. The molecule has 29 heavy (non-hydrogen) atoms. The Morgan fingerprint density at radius 3 is 2.38 bits per heavy atom. The van der Waals surface area contributed by atoms with Crippen molar-refractivity contribution in [3.05, 3.63) is 65.2 Å². The maximum atomic E-state index is 12.5. The molecule has 0 aromatic heterocycles. The van der Waals surface area contributed by atoms with Crippen molar-refractivity contribution in [2.75, 3.05) is 6.54 Å². The Balaban J connectivity index is 1.86. The Morgan fingerprint density at radius 2 is 1.72 bits per heavy atom. The molecule has 0 saturated carbocycles. The van der Waals surface area contributed by atoms with Crippen LogP contribution >= 0.6 is 0 Å². The molecule has 1 unspecified atom stereocenters. The minimum atomic E-state index is -3.63. The van der Waals surface area contributed by atoms with Gasteiger partial charge in [-0.05, 0) is 55.4 Å². The van der Waals surface area contributed by atoms with Gasteiger partial charge in [0.15, 0.2) is 0 Å². The Kier molecular flexibility index (Phi) is 7.60. The van der Waals surface area contributed by atoms with Crippen LogP contribution in [-0.4, -0.2) is 26.9 Å². The number of hydrogen-bond donors (Lipinski definition) is 2. The van der Waals surface area contributed by atoms with Gasteiger partial charge in [0.25, 0.3) is 0 Å². The maximum Gasteiger partial charge on any atom is 0.240 e. The molecular weight excluding hydrogens is 384 g/mol. The van der Waals surface area contributed by atoms with Crippen LogP contribution in [0.3, 0.4) is 0 Å². The van der Waals surface area contributed by atoms with Gasteiger partial charge in [0.2, 0.25) is 15.9 Å². The molecule has 0 radical (unpaired) electrons. The van der Waals surface area contributed by atoms with E-state index in [1.165, 1.54) is 5.56 Å². The molecule has 0 bridgehead atoms. The van der Waals surface area contributed by atoms with Crippen molar-refractivity contribution in [1.82, 2.24) is 10.0 Å². The topological polar surface area (TPSA) is 75.3 Å². The van der Waals surface area contributed by atoms with E-state index in [-0.39, 0.29) is 35.2 Å². The number of carbonyl (C=O) groups is 1. The first-order chi connectivity index (χ1) is 13.5. The largest absolute Gasteiger partial charge is 0.354 e. The van der Waals surface area contributed by atoms with Crippen LogP contribution in [0.25, 0.3) is 0 Å². The van der Waals surface area contributed by atoms with Crippen molar-refractivity contribution < 1.29 is 13.2 Å². The first-order valence-electron chi connectivity index (χ1n) is 9.93. The van der Waals surface area contributed by atoms with Gasteiger partial charge in [0.05, 0.1) is 4.90 Å². The molecule has 2 aromatic carbocycles. The van der Waals surface area contributed by atoms with Crippen LogP contribution < -0.4 is 10.0 Å². The van der Waals surface area contributed by atoms with Gasteiger partial charge in [-0.3, -0.25) is 4.79 Å². The van der Waals surface area contributed by atoms with Crippen molar-refractivity contribution in [1.29, 1.82) is 0 Å². The van der Waals surface area contributed by atoms with E-state index in [9.17, 15) is 13.2 Å². The smallest absolute Gasteiger partial charge is 0.240 e. The van der Waals surface area contributed by atoms with Crippen LogP contribution in [-0.2, 0) is 20.2 Å². The summed E-state index contributed by atoms with van der Waals surface area (Å²) in [6.45, 7) is 9.97. The molecule has 0 heterocycles. The van der Waals surface area contributed by atoms with E-state index in [1.807, 2.05) is 38.1 Å². The van der Waals surface area contributed by atoms with Crippen molar-refractivity contribution in [3.63, 3.8) is 0 Å². The lowest BCUT2D eigenvalue weighted by atomic mass is 9.79. The molecule has 0 aliphatic carbocycles. The summed E-state index contributed by atoms with van der Waals surface area (Å²) in [7, 11) is -3.63. The zero-order chi connectivity index (χ0) is 21.7. The molecule has 158 valence electrons. The average Bonchev–Trinajstić information content (AvgIpc) is 2.63. The summed E-state index contributed by atoms with van der Waals surface area (Å²) in [5, 5.41) is 2.98. The zero-order valence-corrected chi connectivity index (χ0v) is 18.8. The monoisotopic (exact) mass is 416 g/mol. The number of amides is 1. The minimum Gasteiger partial charge on any atom is -0.354 e. The number of sulfonamides is 1. The van der Waals surface area contributed by atoms with E-state index in [0.717, 1.165) is 12.0 Å². The second kappa shape index (κ2) is 9.55. The summed E-state index contributed by atoms with van der Waals surface area (Å²) >= 11 is 0. The highest BCUT2D eigenvalue weighted by Crippen LogP contribution is 2.28. The molecule has 1 atom stereocenters. The van der Waals surface area contributed by atoms with E-state index < -0.39 is 10.0 Å². The van der Waals surface area contributed by atoms with Crippen molar-refractivity contribution in [2.24, 2.45) is 0 Å². The fraction of sp³-hybridized carbons (Fsp3) is 0.435. The number of rotatable bonds is 9. The molecule has 0 spiro atoms. The van der Waals surface area contributed by atoms with Gasteiger partial charge >= 0.3 is 0 Å². The third-order valence-electron chi connectivity index (χ3n) is 5.06. The third kappa shape index (κ3) is 6.68. The lowest BCUT2D eigenvalue weighted by Gasteiger charge is -2.29. The minimum absolute atomic E-state index is 0.0201. The van der Waals surface area contributed by atoms with Gasteiger partial charge in [-0.2, -0.15) is 0 Å². The standard InChI is InChI=1S/C23H32N2O3S/c1-17-11-12-18(2)21(15-17)29(27,28)24-14-13-22(26)25-19(3)16-23(4,5)20-9-7-6-8-10-20/h6-12,15,19,24H,13-14,16H2,1-5H3,(H,25,26). The summed E-state index contributed by atoms with van der Waals surface area (Å²) < 4.78 is 27.6. The summed E-state index contributed by atoms with van der Waals surface area (Å²) in [6.07, 6.45) is 0.886. The van der Waals surface area contributed by atoms with Crippen LogP contribution in [0.2, 0.25) is 0 Å². The second-order valence-corrected chi connectivity index (χ2v) is 10.1. The lowest BCUT2D eigenvalue weighted by molar-refractivity contribution is -0.121. The molecular formula is C23H32N2O3S. The fourth-order valence-electron chi connectivity index (χ4n) is 3.54. The molecule has 5 nitrogen and oxygen atoms in total. The van der Waals surface area contributed by atoms with Gasteiger partial charge in [0.1, 0.15) is 0 Å². The first-order valence-corrected chi connectivity index (χ1v) is 11.4. The average molecular weight is 417 g/mol. The molecule has 0 fully saturated rings. The Bertz CT molecular complexity index is 938. The van der Waals surface area contributed by atoms with Gasteiger partial charge in [0, 0.05) is 19.0 Å². The quantitative estimate of drug-likeness (QED) is 0.652. The summed E-state index contributed by atoms with van der Waals surface area (Å²) in [6, 6.07) is 15.5. The molecule has 6 heteroatoms. The van der Waals surface area contributed by atoms with Crippen LogP contribution in [0.5, 0.6) is 0 Å². The van der Waals surface area contributed by atoms with Crippen LogP contribution in [0.1, 0.15) is 50.3 Å². The van der Waals surface area contributed by atoms with Gasteiger partial charge in [-0.15, -0.1) is 0 Å². The highest BCUT2D eigenvalue weighted by atomic mass is 32.2. The predicted octanol–water partition coefficient (Wildman–Crippen LogP) is 3.84. The highest BCUT2D eigenvalue weighted by Gasteiger charge is 2.24. The van der Waals surface area contributed by atoms with Crippen LogP contribution in [0.15, 0.2) is 53.4 Å². The number of hydrogen-bond acceptors (Lipinski definition) is 3. The van der Waals surface area contributed by atoms with Crippen molar-refractivity contribution in [2.45, 2.75) is 63.8 Å². The Morgan fingerprint density at radius 1 is 1.07 bits per heavy atom. The van der Waals surface area contributed by atoms with Crippen LogP contribution in [0.4, 0.5) is 0 Å². The Hall–Kier alpha value is -2.18. The fourth-order valence-corrected chi connectivity index (χ4v) is 4.90. The summed E-state index contributed by atoms with van der Waals surface area (Å²) in [5.74, 6) is -0.162. The molecule has 2 rings (SSSR count).